The van der Waals surface area contributed by atoms with Gasteiger partial charge in [0, 0.05) is 21.3 Å². The van der Waals surface area contributed by atoms with Gasteiger partial charge in [0.05, 0.1) is 0 Å². The van der Waals surface area contributed by atoms with Crippen molar-refractivity contribution in [1.82, 2.24) is 0 Å². The topological polar surface area (TPSA) is 26.0 Å². The highest BCUT2D eigenvalue weighted by atomic mass is 79.9. The van der Waals surface area contributed by atoms with E-state index in [4.69, 9.17) is 5.73 Å². The van der Waals surface area contributed by atoms with Crippen molar-refractivity contribution < 1.29 is 0 Å². The van der Waals surface area contributed by atoms with Crippen molar-refractivity contribution in [2.45, 2.75) is 0 Å². The van der Waals surface area contributed by atoms with Crippen LogP contribution in [0.2, 0.25) is 0 Å². The summed E-state index contributed by atoms with van der Waals surface area (Å²) < 4.78 is 1.05. The van der Waals surface area contributed by atoms with Crippen LogP contribution in [0.3, 0.4) is 0 Å². The van der Waals surface area contributed by atoms with Crippen molar-refractivity contribution in [3.8, 4) is 22.3 Å². The number of halogens is 1. The lowest BCUT2D eigenvalue weighted by atomic mass is 9.93. The second kappa shape index (κ2) is 5.51. The Bertz CT molecular complexity index is 657. The molecule has 0 amide bonds. The molecule has 0 aliphatic rings. The fourth-order valence-corrected chi connectivity index (χ4v) is 2.96. The smallest absolute Gasteiger partial charge is 0.0400 e. The SMILES string of the molecule is Nc1ccc(Br)c(-c2ccccc2)c1-c1ccccc1. The largest absolute Gasteiger partial charge is 0.398 e. The number of hydrogen-bond donors (Lipinski definition) is 1. The van der Waals surface area contributed by atoms with Gasteiger partial charge in [-0.1, -0.05) is 76.6 Å². The summed E-state index contributed by atoms with van der Waals surface area (Å²) in [4.78, 5) is 0. The summed E-state index contributed by atoms with van der Waals surface area (Å²) >= 11 is 3.66. The molecule has 0 bridgehead atoms. The molecule has 20 heavy (non-hydrogen) atoms. The molecule has 0 saturated heterocycles. The molecule has 98 valence electrons. The van der Waals surface area contributed by atoms with E-state index in [1.807, 2.05) is 48.5 Å². The van der Waals surface area contributed by atoms with Gasteiger partial charge >= 0.3 is 0 Å². The Morgan fingerprint density at radius 2 is 1.10 bits per heavy atom. The summed E-state index contributed by atoms with van der Waals surface area (Å²) in [5.41, 5.74) is 11.5. The molecule has 2 heteroatoms. The first kappa shape index (κ1) is 12.9. The molecular weight excluding hydrogens is 310 g/mol. The molecule has 0 radical (unpaired) electrons. The first-order valence-electron chi connectivity index (χ1n) is 6.46. The van der Waals surface area contributed by atoms with Crippen molar-refractivity contribution in [2.75, 3.05) is 5.73 Å². The quantitative estimate of drug-likeness (QED) is 0.631. The van der Waals surface area contributed by atoms with Gasteiger partial charge in [0.15, 0.2) is 0 Å². The molecule has 0 spiro atoms. The zero-order valence-electron chi connectivity index (χ0n) is 10.9. The molecule has 1 nitrogen and oxygen atoms in total. The molecule has 0 aromatic heterocycles. The maximum atomic E-state index is 6.24. The van der Waals surface area contributed by atoms with Gasteiger partial charge in [-0.2, -0.15) is 0 Å². The van der Waals surface area contributed by atoms with Crippen LogP contribution >= 0.6 is 15.9 Å². The lowest BCUT2D eigenvalue weighted by molar-refractivity contribution is 1.55. The van der Waals surface area contributed by atoms with Gasteiger partial charge in [0.1, 0.15) is 0 Å². The summed E-state index contributed by atoms with van der Waals surface area (Å²) in [5, 5.41) is 0. The third kappa shape index (κ3) is 2.35. The Hall–Kier alpha value is -2.06. The van der Waals surface area contributed by atoms with Crippen molar-refractivity contribution in [1.29, 1.82) is 0 Å². The van der Waals surface area contributed by atoms with Crippen LogP contribution in [0.15, 0.2) is 77.3 Å². The lowest BCUT2D eigenvalue weighted by Crippen LogP contribution is -1.94. The normalized spacial score (nSPS) is 10.4. The predicted octanol–water partition coefficient (Wildman–Crippen LogP) is 5.37. The molecule has 0 atom stereocenters. The molecule has 0 heterocycles. The summed E-state index contributed by atoms with van der Waals surface area (Å²) in [6, 6.07) is 24.5. The van der Waals surface area contributed by atoms with E-state index in [-0.39, 0.29) is 0 Å². The van der Waals surface area contributed by atoms with Crippen molar-refractivity contribution >= 4 is 21.6 Å². The van der Waals surface area contributed by atoms with Crippen LogP contribution in [-0.2, 0) is 0 Å². The Morgan fingerprint density at radius 3 is 1.65 bits per heavy atom. The van der Waals surface area contributed by atoms with Crippen LogP contribution in [0, 0.1) is 0 Å². The van der Waals surface area contributed by atoms with E-state index in [1.54, 1.807) is 0 Å². The number of anilines is 1. The van der Waals surface area contributed by atoms with Crippen molar-refractivity contribution in [3.63, 3.8) is 0 Å². The average Bonchev–Trinajstić information content (AvgIpc) is 2.51. The number of rotatable bonds is 2. The first-order chi connectivity index (χ1) is 9.77. The third-order valence-corrected chi connectivity index (χ3v) is 3.97. The van der Waals surface area contributed by atoms with Crippen LogP contribution in [0.5, 0.6) is 0 Å². The maximum absolute atomic E-state index is 6.24. The van der Waals surface area contributed by atoms with E-state index in [2.05, 4.69) is 40.2 Å². The number of nitrogens with two attached hydrogens (primary N) is 1. The second-order valence-corrected chi connectivity index (χ2v) is 5.47. The minimum absolute atomic E-state index is 0.790. The minimum Gasteiger partial charge on any atom is -0.398 e. The zero-order chi connectivity index (χ0) is 13.9. The molecule has 0 aliphatic carbocycles. The maximum Gasteiger partial charge on any atom is 0.0400 e. The van der Waals surface area contributed by atoms with E-state index in [1.165, 1.54) is 0 Å². The highest BCUT2D eigenvalue weighted by Gasteiger charge is 2.13. The highest BCUT2D eigenvalue weighted by molar-refractivity contribution is 9.10. The van der Waals surface area contributed by atoms with Crippen LogP contribution < -0.4 is 5.73 Å². The molecule has 0 fully saturated rings. The summed E-state index contributed by atoms with van der Waals surface area (Å²) in [5.74, 6) is 0. The Labute approximate surface area is 127 Å². The van der Waals surface area contributed by atoms with E-state index >= 15 is 0 Å². The van der Waals surface area contributed by atoms with Gasteiger partial charge in [0.25, 0.3) is 0 Å². The molecule has 3 aromatic carbocycles. The molecule has 3 aromatic rings. The van der Waals surface area contributed by atoms with Crippen LogP contribution in [0.25, 0.3) is 22.3 Å². The van der Waals surface area contributed by atoms with E-state index in [9.17, 15) is 0 Å². The fraction of sp³-hybridized carbons (Fsp3) is 0. The Balaban J connectivity index is 2.32. The van der Waals surface area contributed by atoms with Crippen LogP contribution in [0.1, 0.15) is 0 Å². The summed E-state index contributed by atoms with van der Waals surface area (Å²) in [6.45, 7) is 0. The molecular formula is C18H14BrN. The monoisotopic (exact) mass is 323 g/mol. The predicted molar refractivity (Wildman–Crippen MR) is 89.4 cm³/mol. The van der Waals surface area contributed by atoms with Gasteiger partial charge in [-0.25, -0.2) is 0 Å². The standard InChI is InChI=1S/C18H14BrN/c19-15-11-12-16(20)18(14-9-5-2-6-10-14)17(15)13-7-3-1-4-8-13/h1-12H,20H2. The van der Waals surface area contributed by atoms with E-state index < -0.39 is 0 Å². The second-order valence-electron chi connectivity index (χ2n) is 4.62. The van der Waals surface area contributed by atoms with Crippen LogP contribution in [-0.4, -0.2) is 0 Å². The van der Waals surface area contributed by atoms with Crippen molar-refractivity contribution in [3.05, 3.63) is 77.3 Å². The summed E-state index contributed by atoms with van der Waals surface area (Å²) in [6.07, 6.45) is 0. The molecule has 0 aliphatic heterocycles. The Morgan fingerprint density at radius 1 is 0.600 bits per heavy atom. The number of benzene rings is 3. The van der Waals surface area contributed by atoms with Gasteiger partial charge in [-0.05, 0) is 23.3 Å². The van der Waals surface area contributed by atoms with Gasteiger partial charge in [-0.15, -0.1) is 0 Å². The zero-order valence-corrected chi connectivity index (χ0v) is 12.5. The molecule has 2 N–H and O–H groups in total. The Kier molecular flexibility index (Phi) is 3.57. The molecule has 0 saturated carbocycles. The van der Waals surface area contributed by atoms with E-state index in [0.717, 1.165) is 32.4 Å². The first-order valence-corrected chi connectivity index (χ1v) is 7.25. The van der Waals surface area contributed by atoms with Gasteiger partial charge in [0.2, 0.25) is 0 Å². The number of nitrogen functional groups attached to an aromatic ring is 1. The van der Waals surface area contributed by atoms with Gasteiger partial charge < -0.3 is 5.73 Å². The highest BCUT2D eigenvalue weighted by Crippen LogP contribution is 2.41. The third-order valence-electron chi connectivity index (χ3n) is 3.31. The lowest BCUT2D eigenvalue weighted by Gasteiger charge is -2.15. The summed E-state index contributed by atoms with van der Waals surface area (Å²) in [7, 11) is 0. The average molecular weight is 324 g/mol. The number of hydrogen-bond acceptors (Lipinski definition) is 1. The molecule has 0 unspecified atom stereocenters. The van der Waals surface area contributed by atoms with Crippen molar-refractivity contribution in [2.24, 2.45) is 0 Å². The molecule has 3 rings (SSSR count). The fourth-order valence-electron chi connectivity index (χ4n) is 2.40. The van der Waals surface area contributed by atoms with E-state index in [0.29, 0.717) is 0 Å². The van der Waals surface area contributed by atoms with Crippen LogP contribution in [0.4, 0.5) is 5.69 Å². The van der Waals surface area contributed by atoms with Gasteiger partial charge in [-0.3, -0.25) is 0 Å². The minimum atomic E-state index is 0.790.